The van der Waals surface area contributed by atoms with E-state index < -0.39 is 5.97 Å². The molecule has 2 fully saturated rings. The van der Waals surface area contributed by atoms with Gasteiger partial charge in [0.25, 0.3) is 0 Å². The summed E-state index contributed by atoms with van der Waals surface area (Å²) in [5.41, 5.74) is 1.25. The molecule has 0 bridgehead atoms. The number of carbonyl (C=O) groups excluding carboxylic acids is 1. The van der Waals surface area contributed by atoms with Gasteiger partial charge >= 0.3 is 5.97 Å². The van der Waals surface area contributed by atoms with E-state index in [4.69, 9.17) is 5.11 Å². The van der Waals surface area contributed by atoms with Gasteiger partial charge in [0.05, 0.1) is 5.92 Å². The molecule has 2 saturated carbocycles. The first-order chi connectivity index (χ1) is 11.6. The quantitative estimate of drug-likeness (QED) is 0.907. The largest absolute Gasteiger partial charge is 0.481 e. The van der Waals surface area contributed by atoms with Gasteiger partial charge in [0, 0.05) is 12.0 Å². The van der Waals surface area contributed by atoms with Crippen LogP contribution < -0.4 is 5.32 Å². The summed E-state index contributed by atoms with van der Waals surface area (Å²) in [6.45, 7) is 0. The van der Waals surface area contributed by atoms with E-state index in [2.05, 4.69) is 35.6 Å². The Morgan fingerprint density at radius 3 is 2.58 bits per heavy atom. The van der Waals surface area contributed by atoms with Gasteiger partial charge in [0.1, 0.15) is 0 Å². The van der Waals surface area contributed by atoms with Crippen LogP contribution in [0.25, 0.3) is 10.8 Å². The fourth-order valence-electron chi connectivity index (χ4n) is 4.05. The summed E-state index contributed by atoms with van der Waals surface area (Å²) in [4.78, 5) is 23.5. The van der Waals surface area contributed by atoms with Crippen LogP contribution in [0.2, 0.25) is 0 Å². The molecule has 2 aromatic rings. The molecular formula is C20H21NO3. The molecule has 4 heteroatoms. The molecular weight excluding hydrogens is 302 g/mol. The van der Waals surface area contributed by atoms with Crippen LogP contribution in [0.1, 0.15) is 37.2 Å². The number of carbonyl (C=O) groups is 2. The zero-order valence-corrected chi connectivity index (χ0v) is 13.4. The maximum atomic E-state index is 12.5. The third kappa shape index (κ3) is 2.77. The highest BCUT2D eigenvalue weighted by molar-refractivity contribution is 5.89. The minimum atomic E-state index is -0.744. The second-order valence-electron chi connectivity index (χ2n) is 7.07. The molecule has 4 rings (SSSR count). The minimum Gasteiger partial charge on any atom is -0.481 e. The zero-order valence-electron chi connectivity index (χ0n) is 13.4. The van der Waals surface area contributed by atoms with Crippen LogP contribution in [0.15, 0.2) is 42.5 Å². The van der Waals surface area contributed by atoms with Crippen molar-refractivity contribution < 1.29 is 14.7 Å². The van der Waals surface area contributed by atoms with Crippen molar-refractivity contribution in [3.05, 3.63) is 48.0 Å². The van der Waals surface area contributed by atoms with Crippen molar-refractivity contribution in [1.82, 2.24) is 5.32 Å². The zero-order chi connectivity index (χ0) is 16.7. The number of aliphatic carboxylic acids is 1. The maximum Gasteiger partial charge on any atom is 0.306 e. The lowest BCUT2D eigenvalue weighted by atomic mass is 10.00. The number of benzene rings is 2. The summed E-state index contributed by atoms with van der Waals surface area (Å²) in [7, 11) is 0. The SMILES string of the molecule is O=C(N[C@H]1CC[C@@H](C(=O)O)C1)C1CC1c1cccc2ccccc12. The van der Waals surface area contributed by atoms with Crippen LogP contribution in [-0.4, -0.2) is 23.0 Å². The molecule has 0 saturated heterocycles. The van der Waals surface area contributed by atoms with Crippen molar-refractivity contribution in [3.63, 3.8) is 0 Å². The minimum absolute atomic E-state index is 0.0207. The van der Waals surface area contributed by atoms with Crippen LogP contribution in [-0.2, 0) is 9.59 Å². The van der Waals surface area contributed by atoms with E-state index in [9.17, 15) is 9.59 Å². The van der Waals surface area contributed by atoms with Gasteiger partial charge in [-0.05, 0) is 47.9 Å². The van der Waals surface area contributed by atoms with E-state index in [1.807, 2.05) is 12.1 Å². The van der Waals surface area contributed by atoms with Gasteiger partial charge in [0.15, 0.2) is 0 Å². The summed E-state index contributed by atoms with van der Waals surface area (Å²) < 4.78 is 0. The Morgan fingerprint density at radius 2 is 1.79 bits per heavy atom. The average Bonchev–Trinajstić information content (AvgIpc) is 3.25. The Balaban J connectivity index is 1.43. The molecule has 2 N–H and O–H groups in total. The molecule has 0 radical (unpaired) electrons. The van der Waals surface area contributed by atoms with Gasteiger partial charge in [-0.1, -0.05) is 42.5 Å². The highest BCUT2D eigenvalue weighted by Gasteiger charge is 2.45. The molecule has 0 heterocycles. The van der Waals surface area contributed by atoms with Crippen LogP contribution in [0, 0.1) is 11.8 Å². The molecule has 2 unspecified atom stereocenters. The first kappa shape index (κ1) is 15.2. The Hall–Kier alpha value is -2.36. The molecule has 24 heavy (non-hydrogen) atoms. The van der Waals surface area contributed by atoms with E-state index in [0.717, 1.165) is 12.8 Å². The van der Waals surface area contributed by atoms with Gasteiger partial charge in [0.2, 0.25) is 5.91 Å². The van der Waals surface area contributed by atoms with Crippen LogP contribution in [0.3, 0.4) is 0 Å². The maximum absolute atomic E-state index is 12.5. The Bertz CT molecular complexity index is 795. The standard InChI is InChI=1S/C20H21NO3/c22-19(21-14-9-8-13(10-14)20(23)24)18-11-17(18)16-7-3-5-12-4-1-2-6-15(12)16/h1-7,13-14,17-18H,8-11H2,(H,21,22)(H,23,24)/t13-,14+,17?,18?/m1/s1. The summed E-state index contributed by atoms with van der Waals surface area (Å²) in [5, 5.41) is 14.6. The molecule has 4 nitrogen and oxygen atoms in total. The van der Waals surface area contributed by atoms with Crippen molar-refractivity contribution in [2.24, 2.45) is 11.8 Å². The van der Waals surface area contributed by atoms with Gasteiger partial charge in [-0.15, -0.1) is 0 Å². The Labute approximate surface area is 140 Å². The smallest absolute Gasteiger partial charge is 0.306 e. The molecule has 2 aromatic carbocycles. The fourth-order valence-corrected chi connectivity index (χ4v) is 4.05. The monoisotopic (exact) mass is 323 g/mol. The Kier molecular flexibility index (Phi) is 3.75. The summed E-state index contributed by atoms with van der Waals surface area (Å²) in [6.07, 6.45) is 2.88. The molecule has 2 aliphatic rings. The lowest BCUT2D eigenvalue weighted by Gasteiger charge is -2.12. The summed E-state index contributed by atoms with van der Waals surface area (Å²) >= 11 is 0. The lowest BCUT2D eigenvalue weighted by Crippen LogP contribution is -2.34. The fraction of sp³-hybridized carbons (Fsp3) is 0.400. The lowest BCUT2D eigenvalue weighted by molar-refractivity contribution is -0.141. The predicted molar refractivity (Wildman–Crippen MR) is 91.7 cm³/mol. The highest BCUT2D eigenvalue weighted by atomic mass is 16.4. The van der Waals surface area contributed by atoms with Gasteiger partial charge < -0.3 is 10.4 Å². The molecule has 0 aliphatic heterocycles. The number of carboxylic acid groups (broad SMARTS) is 1. The molecule has 0 spiro atoms. The van der Waals surface area contributed by atoms with Crippen molar-refractivity contribution in [2.45, 2.75) is 37.6 Å². The number of hydrogen-bond acceptors (Lipinski definition) is 2. The normalized spacial score (nSPS) is 28.7. The van der Waals surface area contributed by atoms with Gasteiger partial charge in [-0.25, -0.2) is 0 Å². The van der Waals surface area contributed by atoms with E-state index in [-0.39, 0.29) is 29.7 Å². The average molecular weight is 323 g/mol. The number of amides is 1. The number of carboxylic acids is 1. The van der Waals surface area contributed by atoms with Crippen molar-refractivity contribution in [3.8, 4) is 0 Å². The third-order valence-corrected chi connectivity index (χ3v) is 5.48. The van der Waals surface area contributed by atoms with E-state index in [0.29, 0.717) is 12.8 Å². The summed E-state index contributed by atoms with van der Waals surface area (Å²) in [5.74, 6) is -0.647. The predicted octanol–water partition coefficient (Wildman–Crippen LogP) is 3.31. The molecule has 124 valence electrons. The topological polar surface area (TPSA) is 66.4 Å². The van der Waals surface area contributed by atoms with Crippen molar-refractivity contribution >= 4 is 22.6 Å². The number of hydrogen-bond donors (Lipinski definition) is 2. The summed E-state index contributed by atoms with van der Waals surface area (Å²) in [6, 6.07) is 14.6. The Morgan fingerprint density at radius 1 is 1.00 bits per heavy atom. The van der Waals surface area contributed by atoms with E-state index in [1.54, 1.807) is 0 Å². The second-order valence-corrected chi connectivity index (χ2v) is 7.07. The third-order valence-electron chi connectivity index (χ3n) is 5.48. The van der Waals surface area contributed by atoms with Crippen LogP contribution >= 0.6 is 0 Å². The number of rotatable bonds is 4. The molecule has 0 aromatic heterocycles. The number of nitrogens with one attached hydrogen (secondary N) is 1. The van der Waals surface area contributed by atoms with Crippen molar-refractivity contribution in [2.75, 3.05) is 0 Å². The first-order valence-corrected chi connectivity index (χ1v) is 8.64. The van der Waals surface area contributed by atoms with Gasteiger partial charge in [-0.2, -0.15) is 0 Å². The highest BCUT2D eigenvalue weighted by Crippen LogP contribution is 2.49. The van der Waals surface area contributed by atoms with Crippen molar-refractivity contribution in [1.29, 1.82) is 0 Å². The second kappa shape index (κ2) is 5.93. The van der Waals surface area contributed by atoms with E-state index in [1.165, 1.54) is 16.3 Å². The first-order valence-electron chi connectivity index (χ1n) is 8.64. The van der Waals surface area contributed by atoms with Crippen LogP contribution in [0.4, 0.5) is 0 Å². The molecule has 1 amide bonds. The van der Waals surface area contributed by atoms with Gasteiger partial charge in [-0.3, -0.25) is 9.59 Å². The molecule has 2 aliphatic carbocycles. The number of fused-ring (bicyclic) bond motifs is 1. The van der Waals surface area contributed by atoms with E-state index >= 15 is 0 Å². The van der Waals surface area contributed by atoms with Crippen LogP contribution in [0.5, 0.6) is 0 Å². The molecule has 4 atom stereocenters.